The van der Waals surface area contributed by atoms with Crippen molar-refractivity contribution in [2.24, 2.45) is 5.10 Å². The Kier molecular flexibility index (Phi) is 7.16. The van der Waals surface area contributed by atoms with Crippen molar-refractivity contribution in [3.8, 4) is 11.5 Å². The highest BCUT2D eigenvalue weighted by Gasteiger charge is 2.05. The zero-order chi connectivity index (χ0) is 20.6. The lowest BCUT2D eigenvalue weighted by atomic mass is 10.1. The Hall–Kier alpha value is -2.96. The number of rotatable bonds is 7. The second-order valence-corrected chi connectivity index (χ2v) is 7.56. The first kappa shape index (κ1) is 20.8. The van der Waals surface area contributed by atoms with Crippen LogP contribution in [0.5, 0.6) is 11.5 Å². The van der Waals surface area contributed by atoms with Crippen molar-refractivity contribution < 1.29 is 14.6 Å². The zero-order valence-corrected chi connectivity index (χ0v) is 17.2. The van der Waals surface area contributed by atoms with Crippen LogP contribution in [0.2, 0.25) is 5.02 Å². The van der Waals surface area contributed by atoms with E-state index in [2.05, 4.69) is 10.5 Å². The third kappa shape index (κ3) is 6.01. The van der Waals surface area contributed by atoms with E-state index >= 15 is 0 Å². The van der Waals surface area contributed by atoms with Gasteiger partial charge in [-0.2, -0.15) is 5.10 Å². The fraction of sp³-hybridized carbons (Fsp3) is 0.0909. The maximum atomic E-state index is 12.2. The van der Waals surface area contributed by atoms with Crippen LogP contribution in [0.1, 0.15) is 21.5 Å². The topological polar surface area (TPSA) is 70.9 Å². The normalized spacial score (nSPS) is 10.8. The Morgan fingerprint density at radius 2 is 1.86 bits per heavy atom. The minimum absolute atomic E-state index is 0.0444. The number of thioether (sulfide) groups is 1. The van der Waals surface area contributed by atoms with Crippen LogP contribution in [-0.4, -0.2) is 24.3 Å². The molecule has 2 N–H and O–H groups in total. The van der Waals surface area contributed by atoms with E-state index in [4.69, 9.17) is 16.3 Å². The summed E-state index contributed by atoms with van der Waals surface area (Å²) in [6.45, 7) is 0. The SMILES string of the molecule is COc1cc(/C=N/NC(=O)c2ccc(CSc3ccc(Cl)cc3)cc2)ccc1O. The molecular weight excluding hydrogens is 408 g/mol. The fourth-order valence-corrected chi connectivity index (χ4v) is 3.43. The van der Waals surface area contributed by atoms with Crippen LogP contribution in [0, 0.1) is 0 Å². The average Bonchev–Trinajstić information content (AvgIpc) is 2.75. The molecule has 0 atom stereocenters. The maximum Gasteiger partial charge on any atom is 0.271 e. The summed E-state index contributed by atoms with van der Waals surface area (Å²) in [5.74, 6) is 0.879. The highest BCUT2D eigenvalue weighted by Crippen LogP contribution is 2.26. The van der Waals surface area contributed by atoms with Crippen molar-refractivity contribution in [1.29, 1.82) is 0 Å². The molecule has 7 heteroatoms. The van der Waals surface area contributed by atoms with Crippen molar-refractivity contribution in [2.75, 3.05) is 7.11 Å². The molecule has 3 rings (SSSR count). The zero-order valence-electron chi connectivity index (χ0n) is 15.6. The van der Waals surface area contributed by atoms with E-state index in [9.17, 15) is 9.90 Å². The molecule has 0 spiro atoms. The van der Waals surface area contributed by atoms with Gasteiger partial charge in [0.15, 0.2) is 11.5 Å². The number of hydrogen-bond donors (Lipinski definition) is 2. The monoisotopic (exact) mass is 426 g/mol. The van der Waals surface area contributed by atoms with Crippen molar-refractivity contribution in [3.05, 3.63) is 88.4 Å². The first-order valence-corrected chi connectivity index (χ1v) is 10.1. The third-order valence-electron chi connectivity index (χ3n) is 4.02. The van der Waals surface area contributed by atoms with E-state index in [0.717, 1.165) is 21.2 Å². The summed E-state index contributed by atoms with van der Waals surface area (Å²) >= 11 is 7.60. The van der Waals surface area contributed by atoms with Gasteiger partial charge in [-0.05, 0) is 65.7 Å². The van der Waals surface area contributed by atoms with Crippen molar-refractivity contribution in [2.45, 2.75) is 10.6 Å². The summed E-state index contributed by atoms with van der Waals surface area (Å²) < 4.78 is 5.04. The van der Waals surface area contributed by atoms with Gasteiger partial charge in [-0.3, -0.25) is 4.79 Å². The number of hydrazone groups is 1. The highest BCUT2D eigenvalue weighted by molar-refractivity contribution is 7.98. The largest absolute Gasteiger partial charge is 0.504 e. The Labute approximate surface area is 178 Å². The Balaban J connectivity index is 1.54. The van der Waals surface area contributed by atoms with E-state index in [1.807, 2.05) is 36.4 Å². The first-order chi connectivity index (χ1) is 14.0. The number of amides is 1. The fourth-order valence-electron chi connectivity index (χ4n) is 2.45. The predicted octanol–water partition coefficient (Wildman–Crippen LogP) is 5.11. The minimum atomic E-state index is -0.302. The van der Waals surface area contributed by atoms with Crippen molar-refractivity contribution >= 4 is 35.5 Å². The molecule has 0 unspecified atom stereocenters. The number of carbonyl (C=O) groups excluding carboxylic acids is 1. The van der Waals surface area contributed by atoms with Gasteiger partial charge in [-0.1, -0.05) is 23.7 Å². The number of phenolic OH excluding ortho intramolecular Hbond substituents is 1. The van der Waals surface area contributed by atoms with Crippen LogP contribution < -0.4 is 10.2 Å². The predicted molar refractivity (Wildman–Crippen MR) is 117 cm³/mol. The average molecular weight is 427 g/mol. The standard InChI is InChI=1S/C22H19ClN2O3S/c1-28-21-12-16(4-11-20(21)26)13-24-25-22(27)17-5-2-15(3-6-17)14-29-19-9-7-18(23)8-10-19/h2-13,26H,14H2,1H3,(H,25,27)/b24-13+. The number of carbonyl (C=O) groups is 1. The van der Waals surface area contributed by atoms with Gasteiger partial charge < -0.3 is 9.84 Å². The van der Waals surface area contributed by atoms with Gasteiger partial charge in [0.2, 0.25) is 0 Å². The van der Waals surface area contributed by atoms with Crippen molar-refractivity contribution in [1.82, 2.24) is 5.43 Å². The van der Waals surface area contributed by atoms with E-state index in [-0.39, 0.29) is 11.7 Å². The molecule has 0 aliphatic carbocycles. The third-order valence-corrected chi connectivity index (χ3v) is 5.35. The molecular formula is C22H19ClN2O3S. The lowest BCUT2D eigenvalue weighted by molar-refractivity contribution is 0.0955. The van der Waals surface area contributed by atoms with E-state index in [1.54, 1.807) is 36.0 Å². The van der Waals surface area contributed by atoms with Crippen LogP contribution >= 0.6 is 23.4 Å². The van der Waals surface area contributed by atoms with Crippen LogP contribution in [0.3, 0.4) is 0 Å². The molecule has 5 nitrogen and oxygen atoms in total. The van der Waals surface area contributed by atoms with Crippen LogP contribution in [0.25, 0.3) is 0 Å². The summed E-state index contributed by atoms with van der Waals surface area (Å²) in [4.78, 5) is 13.4. The molecule has 0 fully saturated rings. The second-order valence-electron chi connectivity index (χ2n) is 6.07. The summed E-state index contributed by atoms with van der Waals surface area (Å²) in [7, 11) is 1.47. The molecule has 0 aromatic heterocycles. The quantitative estimate of drug-likeness (QED) is 0.313. The highest BCUT2D eigenvalue weighted by atomic mass is 35.5. The van der Waals surface area contributed by atoms with E-state index in [1.165, 1.54) is 19.4 Å². The van der Waals surface area contributed by atoms with Crippen molar-refractivity contribution in [3.63, 3.8) is 0 Å². The Bertz CT molecular complexity index is 1010. The molecule has 0 aliphatic heterocycles. The molecule has 0 saturated heterocycles. The molecule has 0 heterocycles. The van der Waals surface area contributed by atoms with E-state index in [0.29, 0.717) is 16.9 Å². The summed E-state index contributed by atoms with van der Waals surface area (Å²) in [5, 5.41) is 14.3. The molecule has 148 valence electrons. The van der Waals surface area contributed by atoms with Gasteiger partial charge in [0, 0.05) is 21.2 Å². The van der Waals surface area contributed by atoms with Gasteiger partial charge in [0.1, 0.15) is 0 Å². The van der Waals surface area contributed by atoms with Crippen LogP contribution in [0.4, 0.5) is 0 Å². The lowest BCUT2D eigenvalue weighted by Gasteiger charge is -2.05. The van der Waals surface area contributed by atoms with E-state index < -0.39 is 0 Å². The minimum Gasteiger partial charge on any atom is -0.504 e. The lowest BCUT2D eigenvalue weighted by Crippen LogP contribution is -2.17. The number of aromatic hydroxyl groups is 1. The first-order valence-electron chi connectivity index (χ1n) is 8.73. The molecule has 1 amide bonds. The van der Waals surface area contributed by atoms with Gasteiger partial charge in [-0.25, -0.2) is 5.43 Å². The Morgan fingerprint density at radius 1 is 1.14 bits per heavy atom. The summed E-state index contributed by atoms with van der Waals surface area (Å²) in [6, 6.07) is 19.9. The maximum absolute atomic E-state index is 12.2. The molecule has 0 saturated carbocycles. The summed E-state index contributed by atoms with van der Waals surface area (Å²) in [5.41, 5.74) is 4.81. The number of benzene rings is 3. The summed E-state index contributed by atoms with van der Waals surface area (Å²) in [6.07, 6.45) is 1.48. The van der Waals surface area contributed by atoms with Crippen LogP contribution in [0.15, 0.2) is 76.7 Å². The molecule has 3 aromatic carbocycles. The van der Waals surface area contributed by atoms with Gasteiger partial charge in [0.25, 0.3) is 5.91 Å². The van der Waals surface area contributed by atoms with Gasteiger partial charge in [-0.15, -0.1) is 11.8 Å². The number of phenols is 1. The van der Waals surface area contributed by atoms with Gasteiger partial charge >= 0.3 is 0 Å². The molecule has 0 aliphatic rings. The number of nitrogens with zero attached hydrogens (tertiary/aromatic N) is 1. The second kappa shape index (κ2) is 10.0. The smallest absolute Gasteiger partial charge is 0.271 e. The molecule has 0 bridgehead atoms. The Morgan fingerprint density at radius 3 is 2.55 bits per heavy atom. The molecule has 29 heavy (non-hydrogen) atoms. The molecule has 3 aromatic rings. The van der Waals surface area contributed by atoms with Gasteiger partial charge in [0.05, 0.1) is 13.3 Å². The number of hydrogen-bond acceptors (Lipinski definition) is 5. The number of nitrogens with one attached hydrogen (secondary N) is 1. The molecule has 0 radical (unpaired) electrons. The number of ether oxygens (including phenoxy) is 1. The number of methoxy groups -OCH3 is 1. The van der Waals surface area contributed by atoms with Crippen LogP contribution in [-0.2, 0) is 5.75 Å². The number of halogens is 1.